The van der Waals surface area contributed by atoms with Crippen molar-refractivity contribution in [2.24, 2.45) is 0 Å². The van der Waals surface area contributed by atoms with E-state index in [1.165, 1.54) is 0 Å². The molecule has 0 aliphatic heterocycles. The van der Waals surface area contributed by atoms with Gasteiger partial charge in [0.2, 0.25) is 5.82 Å². The van der Waals surface area contributed by atoms with Crippen molar-refractivity contribution in [3.05, 3.63) is 29.1 Å². The zero-order chi connectivity index (χ0) is 14.7. The third kappa shape index (κ3) is 3.37. The molecule has 0 aliphatic carbocycles. The van der Waals surface area contributed by atoms with Gasteiger partial charge >= 0.3 is 0 Å². The molecule has 0 saturated carbocycles. The minimum absolute atomic E-state index is 2.00. The van der Waals surface area contributed by atoms with E-state index in [9.17, 15) is 34.9 Å². The maximum Gasteiger partial charge on any atom is 0.200 e. The van der Waals surface area contributed by atoms with Crippen molar-refractivity contribution in [2.75, 3.05) is 14.1 Å². The van der Waals surface area contributed by atoms with Gasteiger partial charge < -0.3 is 9.87 Å². The summed E-state index contributed by atoms with van der Waals surface area (Å²) in [5, 5.41) is 2.00. The van der Waals surface area contributed by atoms with E-state index < -0.39 is 44.1 Å². The van der Waals surface area contributed by atoms with Gasteiger partial charge in [-0.1, -0.05) is 0 Å². The van der Waals surface area contributed by atoms with Gasteiger partial charge in [-0.15, -0.1) is 0 Å². The van der Waals surface area contributed by atoms with Gasteiger partial charge in [-0.2, -0.15) is 0 Å². The quantitative estimate of drug-likeness (QED) is 0.345. The molecule has 1 aromatic rings. The van der Waals surface area contributed by atoms with Gasteiger partial charge in [0.05, 0.1) is 14.1 Å². The lowest BCUT2D eigenvalue weighted by molar-refractivity contribution is -0.597. The second-order valence-electron chi connectivity index (χ2n) is 2.93. The van der Waals surface area contributed by atoms with E-state index >= 15 is 0 Å². The molecule has 18 heavy (non-hydrogen) atoms. The fourth-order valence-corrected chi connectivity index (χ4v) is 1.42. The van der Waals surface area contributed by atoms with E-state index in [1.54, 1.807) is 0 Å². The fourth-order valence-electron chi connectivity index (χ4n) is 0.804. The maximum absolute atomic E-state index is 12.6. The summed E-state index contributed by atoms with van der Waals surface area (Å²) in [5.41, 5.74) is 0. The molecule has 0 fully saturated rings. The van der Waals surface area contributed by atoms with Crippen LogP contribution in [0.4, 0.5) is 22.0 Å². The van der Waals surface area contributed by atoms with E-state index in [2.05, 4.69) is 0 Å². The van der Waals surface area contributed by atoms with Crippen LogP contribution in [0.15, 0.2) is 4.90 Å². The van der Waals surface area contributed by atoms with Gasteiger partial charge in [0.15, 0.2) is 23.3 Å². The lowest BCUT2D eigenvalue weighted by atomic mass is 10.3. The van der Waals surface area contributed by atoms with Crippen LogP contribution >= 0.6 is 0 Å². The van der Waals surface area contributed by atoms with Crippen LogP contribution in [0.2, 0.25) is 0 Å². The molecule has 0 atom stereocenters. The van der Waals surface area contributed by atoms with E-state index in [-0.39, 0.29) is 0 Å². The van der Waals surface area contributed by atoms with E-state index in [0.29, 0.717) is 0 Å². The highest BCUT2D eigenvalue weighted by atomic mass is 32.2. The van der Waals surface area contributed by atoms with Gasteiger partial charge in [0.25, 0.3) is 0 Å². The number of quaternary nitrogens is 1. The molecule has 0 unspecified atom stereocenters. The fraction of sp³-hybridized carbons (Fsp3) is 0.250. The van der Waals surface area contributed by atoms with Crippen LogP contribution in [0.1, 0.15) is 0 Å². The first-order valence-electron chi connectivity index (χ1n) is 4.30. The Labute approximate surface area is 99.2 Å². The molecule has 1 aromatic carbocycles. The molecular formula is C8H8F5NO3S. The number of rotatable bonds is 1. The van der Waals surface area contributed by atoms with Crippen molar-refractivity contribution in [3.8, 4) is 0 Å². The second-order valence-corrected chi connectivity index (χ2v) is 4.25. The van der Waals surface area contributed by atoms with Crippen LogP contribution in [0, 0.1) is 29.1 Å². The van der Waals surface area contributed by atoms with Gasteiger partial charge in [-0.25, -0.2) is 30.4 Å². The zero-order valence-electron chi connectivity index (χ0n) is 9.10. The van der Waals surface area contributed by atoms with Crippen molar-refractivity contribution in [1.82, 2.24) is 0 Å². The number of halogens is 5. The summed E-state index contributed by atoms with van der Waals surface area (Å²) >= 11 is 0. The van der Waals surface area contributed by atoms with Crippen molar-refractivity contribution in [3.63, 3.8) is 0 Å². The molecule has 2 N–H and O–H groups in total. The maximum atomic E-state index is 12.6. The van der Waals surface area contributed by atoms with Crippen molar-refractivity contribution in [2.45, 2.75) is 4.90 Å². The van der Waals surface area contributed by atoms with Gasteiger partial charge in [-0.05, 0) is 0 Å². The van der Waals surface area contributed by atoms with Gasteiger partial charge in [0, 0.05) is 0 Å². The lowest BCUT2D eigenvalue weighted by Crippen LogP contribution is -2.74. The number of benzene rings is 1. The molecule has 0 aliphatic rings. The normalized spacial score (nSPS) is 10.9. The van der Waals surface area contributed by atoms with Crippen LogP contribution in [-0.2, 0) is 10.1 Å². The molecule has 0 spiro atoms. The standard InChI is InChI=1S/C6HF5O3S.C2H7N/c7-1-2(8)4(10)6(15(12,13)14)5(11)3(1)9;1-3-2/h(H,12,13,14);3H,1-2H3. The Morgan fingerprint density at radius 2 is 1.06 bits per heavy atom. The summed E-state index contributed by atoms with van der Waals surface area (Å²) in [4.78, 5) is -2.38. The van der Waals surface area contributed by atoms with E-state index in [4.69, 9.17) is 0 Å². The number of hydrogen-bond acceptors (Lipinski definition) is 3. The third-order valence-electron chi connectivity index (χ3n) is 1.42. The average Bonchev–Trinajstić information content (AvgIpc) is 2.23. The topological polar surface area (TPSA) is 73.8 Å². The van der Waals surface area contributed by atoms with Crippen LogP contribution in [0.25, 0.3) is 0 Å². The van der Waals surface area contributed by atoms with Crippen molar-refractivity contribution >= 4 is 10.1 Å². The molecule has 10 heteroatoms. The SMILES string of the molecule is C[NH2+]C.O=S(=O)([O-])c1c(F)c(F)c(F)c(F)c1F. The Hall–Kier alpha value is -1.26. The zero-order valence-corrected chi connectivity index (χ0v) is 9.92. The second kappa shape index (κ2) is 6.07. The Balaban J connectivity index is 0.000000873. The first kappa shape index (κ1) is 16.7. The van der Waals surface area contributed by atoms with Crippen LogP contribution in [-0.4, -0.2) is 27.1 Å². The van der Waals surface area contributed by atoms with E-state index in [0.717, 1.165) is 0 Å². The summed E-state index contributed by atoms with van der Waals surface area (Å²) in [6.45, 7) is 0. The van der Waals surface area contributed by atoms with Crippen molar-refractivity contribution < 1.29 is 40.2 Å². The van der Waals surface area contributed by atoms with Crippen LogP contribution in [0.3, 0.4) is 0 Å². The average molecular weight is 293 g/mol. The van der Waals surface area contributed by atoms with Crippen molar-refractivity contribution in [1.29, 1.82) is 0 Å². The molecule has 0 saturated heterocycles. The van der Waals surface area contributed by atoms with Gasteiger partial charge in [0.1, 0.15) is 15.0 Å². The third-order valence-corrected chi connectivity index (χ3v) is 2.28. The van der Waals surface area contributed by atoms with E-state index in [1.807, 2.05) is 19.4 Å². The largest absolute Gasteiger partial charge is 0.744 e. The Bertz CT molecular complexity index is 517. The predicted molar refractivity (Wildman–Crippen MR) is 48.0 cm³/mol. The molecule has 1 rings (SSSR count). The van der Waals surface area contributed by atoms with Gasteiger partial charge in [-0.3, -0.25) is 0 Å². The molecule has 0 aromatic heterocycles. The predicted octanol–water partition coefficient (Wildman–Crippen LogP) is 0.0956. The Kier molecular flexibility index (Phi) is 5.64. The molecule has 0 bridgehead atoms. The highest BCUT2D eigenvalue weighted by Gasteiger charge is 2.28. The molecular weight excluding hydrogens is 285 g/mol. The minimum atomic E-state index is -5.77. The van der Waals surface area contributed by atoms with Crippen LogP contribution in [0.5, 0.6) is 0 Å². The molecule has 4 nitrogen and oxygen atoms in total. The summed E-state index contributed by atoms with van der Waals surface area (Å²) in [6, 6.07) is 0. The molecule has 104 valence electrons. The Morgan fingerprint density at radius 1 is 0.833 bits per heavy atom. The number of nitrogens with two attached hydrogens (primary N) is 1. The summed E-state index contributed by atoms with van der Waals surface area (Å²) in [6.07, 6.45) is 0. The minimum Gasteiger partial charge on any atom is -0.744 e. The number of hydrogen-bond donors (Lipinski definition) is 1. The summed E-state index contributed by atoms with van der Waals surface area (Å²) < 4.78 is 92.9. The lowest BCUT2D eigenvalue weighted by Gasteiger charge is -2.10. The molecule has 0 radical (unpaired) electrons. The highest BCUT2D eigenvalue weighted by Crippen LogP contribution is 2.25. The monoisotopic (exact) mass is 293 g/mol. The molecule has 0 heterocycles. The van der Waals surface area contributed by atoms with Crippen LogP contribution < -0.4 is 5.32 Å². The molecule has 0 amide bonds. The highest BCUT2D eigenvalue weighted by molar-refractivity contribution is 7.85. The first-order chi connectivity index (χ1) is 8.09. The summed E-state index contributed by atoms with van der Waals surface area (Å²) in [5.74, 6) is -12.8. The smallest absolute Gasteiger partial charge is 0.200 e. The Morgan fingerprint density at radius 3 is 1.28 bits per heavy atom. The summed E-state index contributed by atoms with van der Waals surface area (Å²) in [7, 11) is -1.77. The first-order valence-corrected chi connectivity index (χ1v) is 5.71.